The fourth-order valence-corrected chi connectivity index (χ4v) is 1.59. The maximum atomic E-state index is 9.80. The van der Waals surface area contributed by atoms with Crippen LogP contribution in [0.4, 0.5) is 0 Å². The average molecular weight is 290 g/mol. The fraction of sp³-hybridized carbons (Fsp3) is 0.267. The quantitative estimate of drug-likeness (QED) is 0.519. The number of aromatic hydroxyl groups is 1. The molecule has 1 aromatic carbocycles. The van der Waals surface area contributed by atoms with Gasteiger partial charge in [-0.05, 0) is 23.8 Å². The van der Waals surface area contributed by atoms with E-state index in [-0.39, 0.29) is 12.4 Å². The molecule has 6 heteroatoms. The van der Waals surface area contributed by atoms with Gasteiger partial charge in [0.2, 0.25) is 5.75 Å². The molecule has 0 saturated heterocycles. The van der Waals surface area contributed by atoms with Crippen LogP contribution < -0.4 is 14.8 Å². The molecule has 0 amide bonds. The second-order valence-electron chi connectivity index (χ2n) is 3.98. The maximum absolute atomic E-state index is 9.80. The summed E-state index contributed by atoms with van der Waals surface area (Å²) in [5.41, 5.74) is 1.09. The van der Waals surface area contributed by atoms with Gasteiger partial charge in [0.15, 0.2) is 11.5 Å². The first-order chi connectivity index (χ1) is 10.2. The van der Waals surface area contributed by atoms with Gasteiger partial charge in [0.25, 0.3) is 0 Å². The van der Waals surface area contributed by atoms with Gasteiger partial charge >= 0.3 is 0 Å². The highest BCUT2D eigenvalue weighted by molar-refractivity contribution is 5.62. The van der Waals surface area contributed by atoms with Crippen molar-refractivity contribution in [2.45, 2.75) is 0 Å². The lowest BCUT2D eigenvalue weighted by Gasteiger charge is -2.09. The van der Waals surface area contributed by atoms with Crippen LogP contribution in [-0.4, -0.2) is 37.6 Å². The van der Waals surface area contributed by atoms with Crippen molar-refractivity contribution in [3.8, 4) is 23.3 Å². The monoisotopic (exact) mass is 290 g/mol. The Morgan fingerprint density at radius 3 is 2.43 bits per heavy atom. The molecule has 0 atom stereocenters. The molecule has 21 heavy (non-hydrogen) atoms. The topological polar surface area (TPSA) is 94.7 Å². The van der Waals surface area contributed by atoms with Crippen LogP contribution in [0.5, 0.6) is 17.2 Å². The summed E-state index contributed by atoms with van der Waals surface area (Å²) in [6, 6.07) is 5.27. The summed E-state index contributed by atoms with van der Waals surface area (Å²) >= 11 is 0. The molecule has 0 aliphatic heterocycles. The first kappa shape index (κ1) is 16.4. The van der Waals surface area contributed by atoms with Crippen LogP contribution in [0.3, 0.4) is 0 Å². The highest BCUT2D eigenvalue weighted by Crippen LogP contribution is 2.37. The number of phenols is 1. The van der Waals surface area contributed by atoms with Crippen LogP contribution in [0.25, 0.3) is 6.08 Å². The van der Waals surface area contributed by atoms with E-state index in [0.717, 1.165) is 5.56 Å². The predicted octanol–water partition coefficient (Wildman–Crippen LogP) is 1.41. The molecule has 3 N–H and O–H groups in total. The van der Waals surface area contributed by atoms with Gasteiger partial charge in [0, 0.05) is 6.54 Å². The standard InChI is InChI=1S/C15H18N2O4/c1-20-13-8-11(9-14(21-2)15(13)19)4-3-5-12(10-16)17-6-7-18/h3-5,8-9,17-19H,6-7H2,1-2H3/b4-3+,12-5+. The number of aliphatic hydroxyl groups excluding tert-OH is 1. The van der Waals surface area contributed by atoms with E-state index in [1.165, 1.54) is 14.2 Å². The number of phenolic OH excluding ortho intramolecular Hbond substituents is 1. The SMILES string of the molecule is COc1cc(/C=C/C=C(\C#N)NCCO)cc(OC)c1O. The lowest BCUT2D eigenvalue weighted by atomic mass is 10.1. The first-order valence-electron chi connectivity index (χ1n) is 6.24. The molecular weight excluding hydrogens is 272 g/mol. The Morgan fingerprint density at radius 2 is 1.95 bits per heavy atom. The van der Waals surface area contributed by atoms with Gasteiger partial charge in [0.1, 0.15) is 11.8 Å². The molecule has 0 fully saturated rings. The second kappa shape index (κ2) is 8.51. The Balaban J connectivity index is 2.94. The highest BCUT2D eigenvalue weighted by atomic mass is 16.5. The van der Waals surface area contributed by atoms with Crippen molar-refractivity contribution >= 4 is 6.08 Å². The van der Waals surface area contributed by atoms with Crippen molar-refractivity contribution in [3.05, 3.63) is 35.5 Å². The van der Waals surface area contributed by atoms with Crippen molar-refractivity contribution in [3.63, 3.8) is 0 Å². The van der Waals surface area contributed by atoms with E-state index in [1.807, 2.05) is 6.07 Å². The Labute approximate surface area is 123 Å². The van der Waals surface area contributed by atoms with Crippen molar-refractivity contribution in [1.82, 2.24) is 5.32 Å². The molecule has 6 nitrogen and oxygen atoms in total. The van der Waals surface area contributed by atoms with E-state index in [9.17, 15) is 5.11 Å². The molecule has 0 saturated carbocycles. The molecular formula is C15H18N2O4. The maximum Gasteiger partial charge on any atom is 0.200 e. The normalized spacial score (nSPS) is 11.2. The average Bonchev–Trinajstić information content (AvgIpc) is 2.51. The van der Waals surface area contributed by atoms with Crippen LogP contribution in [0.1, 0.15) is 5.56 Å². The molecule has 1 rings (SSSR count). The third-order valence-electron chi connectivity index (χ3n) is 2.60. The minimum atomic E-state index is -0.0602. The lowest BCUT2D eigenvalue weighted by Crippen LogP contribution is -2.16. The summed E-state index contributed by atoms with van der Waals surface area (Å²) in [6.45, 7) is 0.267. The number of hydrogen-bond acceptors (Lipinski definition) is 6. The van der Waals surface area contributed by atoms with Crippen molar-refractivity contribution < 1.29 is 19.7 Å². The number of nitrogens with one attached hydrogen (secondary N) is 1. The zero-order valence-electron chi connectivity index (χ0n) is 12.0. The summed E-state index contributed by atoms with van der Waals surface area (Å²) in [5.74, 6) is 0.545. The third-order valence-corrected chi connectivity index (χ3v) is 2.60. The largest absolute Gasteiger partial charge is 0.502 e. The fourth-order valence-electron chi connectivity index (χ4n) is 1.59. The number of hydrogen-bond donors (Lipinski definition) is 3. The van der Waals surface area contributed by atoms with Crippen LogP contribution in [-0.2, 0) is 0 Å². The van der Waals surface area contributed by atoms with Crippen LogP contribution in [0.15, 0.2) is 30.0 Å². The summed E-state index contributed by atoms with van der Waals surface area (Å²) < 4.78 is 10.1. The van der Waals surface area contributed by atoms with Gasteiger partial charge < -0.3 is 25.0 Å². The Bertz CT molecular complexity index is 549. The minimum Gasteiger partial charge on any atom is -0.502 e. The molecule has 0 aliphatic carbocycles. The van der Waals surface area contributed by atoms with Crippen molar-refractivity contribution in [2.75, 3.05) is 27.4 Å². The summed E-state index contributed by atoms with van der Waals surface area (Å²) in [4.78, 5) is 0. The number of allylic oxidation sites excluding steroid dienone is 3. The number of benzene rings is 1. The van der Waals surface area contributed by atoms with E-state index in [2.05, 4.69) is 5.32 Å². The molecule has 0 unspecified atom stereocenters. The molecule has 0 aromatic heterocycles. The number of methoxy groups -OCH3 is 2. The molecule has 0 heterocycles. The van der Waals surface area contributed by atoms with Gasteiger partial charge in [-0.25, -0.2) is 0 Å². The lowest BCUT2D eigenvalue weighted by molar-refractivity contribution is 0.297. The van der Waals surface area contributed by atoms with E-state index >= 15 is 0 Å². The summed E-state index contributed by atoms with van der Waals surface area (Å²) in [5, 5.41) is 30.1. The second-order valence-corrected chi connectivity index (χ2v) is 3.98. The van der Waals surface area contributed by atoms with E-state index in [4.69, 9.17) is 19.8 Å². The third kappa shape index (κ3) is 4.75. The molecule has 112 valence electrons. The Morgan fingerprint density at radius 1 is 1.33 bits per heavy atom. The molecule has 0 radical (unpaired) electrons. The minimum absolute atomic E-state index is 0.0465. The van der Waals surface area contributed by atoms with Gasteiger partial charge in [-0.15, -0.1) is 0 Å². The van der Waals surface area contributed by atoms with Crippen molar-refractivity contribution in [1.29, 1.82) is 5.26 Å². The number of nitrogens with zero attached hydrogens (tertiary/aromatic N) is 1. The van der Waals surface area contributed by atoms with Crippen LogP contribution >= 0.6 is 0 Å². The molecule has 0 bridgehead atoms. The number of ether oxygens (including phenoxy) is 2. The Hall–Kier alpha value is -2.65. The van der Waals surface area contributed by atoms with Gasteiger partial charge in [-0.1, -0.05) is 12.2 Å². The highest BCUT2D eigenvalue weighted by Gasteiger charge is 2.09. The number of nitriles is 1. The number of rotatable bonds is 7. The molecule has 0 aliphatic rings. The predicted molar refractivity (Wildman–Crippen MR) is 79.0 cm³/mol. The van der Waals surface area contributed by atoms with Gasteiger partial charge in [-0.3, -0.25) is 0 Å². The first-order valence-corrected chi connectivity index (χ1v) is 6.24. The number of aliphatic hydroxyl groups is 1. The van der Waals surface area contributed by atoms with Gasteiger partial charge in [0.05, 0.1) is 20.8 Å². The zero-order valence-corrected chi connectivity index (χ0v) is 12.0. The zero-order chi connectivity index (χ0) is 15.7. The Kier molecular flexibility index (Phi) is 6.65. The van der Waals surface area contributed by atoms with Crippen LogP contribution in [0.2, 0.25) is 0 Å². The van der Waals surface area contributed by atoms with Crippen molar-refractivity contribution in [2.24, 2.45) is 0 Å². The van der Waals surface area contributed by atoms with Gasteiger partial charge in [-0.2, -0.15) is 5.26 Å². The molecule has 0 spiro atoms. The van der Waals surface area contributed by atoms with Crippen LogP contribution in [0, 0.1) is 11.3 Å². The van der Waals surface area contributed by atoms with E-state index < -0.39 is 0 Å². The van der Waals surface area contributed by atoms with E-state index in [0.29, 0.717) is 23.7 Å². The summed E-state index contributed by atoms with van der Waals surface area (Å²) in [7, 11) is 2.91. The molecule has 1 aromatic rings. The van der Waals surface area contributed by atoms with E-state index in [1.54, 1.807) is 30.4 Å². The smallest absolute Gasteiger partial charge is 0.200 e. The summed E-state index contributed by atoms with van der Waals surface area (Å²) in [6.07, 6.45) is 5.00.